The summed E-state index contributed by atoms with van der Waals surface area (Å²) in [4.78, 5) is 33.7. The van der Waals surface area contributed by atoms with Crippen LogP contribution in [0.15, 0.2) is 41.5 Å². The molecule has 13 heteroatoms. The second-order valence-corrected chi connectivity index (χ2v) is 9.55. The van der Waals surface area contributed by atoms with Gasteiger partial charge in [-0.25, -0.2) is 18.8 Å². The van der Waals surface area contributed by atoms with Crippen LogP contribution >= 0.6 is 0 Å². The molecule has 2 aliphatic heterocycles. The van der Waals surface area contributed by atoms with Crippen molar-refractivity contribution in [3.05, 3.63) is 59.4 Å². The number of fused-ring (bicyclic) bond motifs is 1. The summed E-state index contributed by atoms with van der Waals surface area (Å²) in [5.74, 6) is -2.77. The first-order valence-corrected chi connectivity index (χ1v) is 11.1. The van der Waals surface area contributed by atoms with E-state index in [1.807, 2.05) is 0 Å². The van der Waals surface area contributed by atoms with Gasteiger partial charge in [0, 0.05) is 24.7 Å². The second kappa shape index (κ2) is 7.60. The van der Waals surface area contributed by atoms with Crippen LogP contribution in [0.3, 0.4) is 0 Å². The molecule has 0 saturated carbocycles. The quantitative estimate of drug-likeness (QED) is 0.543. The molecule has 0 bridgehead atoms. The summed E-state index contributed by atoms with van der Waals surface area (Å²) in [5.41, 5.74) is 4.00. The van der Waals surface area contributed by atoms with Gasteiger partial charge < -0.3 is 16.0 Å². The van der Waals surface area contributed by atoms with Crippen molar-refractivity contribution in [1.82, 2.24) is 9.88 Å². The van der Waals surface area contributed by atoms with Crippen molar-refractivity contribution in [3.8, 4) is 0 Å². The molecule has 0 spiro atoms. The van der Waals surface area contributed by atoms with E-state index in [1.165, 1.54) is 30.0 Å². The molecule has 32 heavy (non-hydrogen) atoms. The van der Waals surface area contributed by atoms with Crippen LogP contribution in [0, 0.1) is 11.6 Å². The topological polar surface area (TPSA) is 151 Å². The summed E-state index contributed by atoms with van der Waals surface area (Å²) in [7, 11) is -3.96. The molecular formula is C19H19F2N6O4S+. The Hall–Kier alpha value is -3.45. The Bertz CT molecular complexity index is 1250. The van der Waals surface area contributed by atoms with E-state index in [0.717, 1.165) is 23.1 Å². The van der Waals surface area contributed by atoms with Crippen molar-refractivity contribution in [3.63, 3.8) is 0 Å². The number of sulfonamides is 1. The number of carbonyl (C=O) groups is 2. The predicted molar refractivity (Wildman–Crippen MR) is 109 cm³/mol. The Balaban J connectivity index is 1.77. The van der Waals surface area contributed by atoms with E-state index in [2.05, 4.69) is 15.3 Å². The number of nitrogens with zero attached hydrogens (tertiary/aromatic N) is 3. The van der Waals surface area contributed by atoms with Gasteiger partial charge in [-0.15, -0.1) is 0 Å². The first kappa shape index (κ1) is 21.8. The van der Waals surface area contributed by atoms with Crippen LogP contribution in [0.1, 0.15) is 23.0 Å². The van der Waals surface area contributed by atoms with Gasteiger partial charge >= 0.3 is 16.0 Å². The van der Waals surface area contributed by atoms with E-state index >= 15 is 4.39 Å². The number of guanidine groups is 1. The van der Waals surface area contributed by atoms with Gasteiger partial charge in [0.2, 0.25) is 5.91 Å². The van der Waals surface area contributed by atoms with Crippen molar-refractivity contribution < 1.29 is 31.5 Å². The Morgan fingerprint density at radius 3 is 2.69 bits per heavy atom. The van der Waals surface area contributed by atoms with E-state index < -0.39 is 44.3 Å². The molecule has 1 fully saturated rings. The number of pyridine rings is 1. The molecular weight excluding hydrogens is 446 g/mol. The summed E-state index contributed by atoms with van der Waals surface area (Å²) >= 11 is 0. The fraction of sp³-hybridized carbons (Fsp3) is 0.263. The van der Waals surface area contributed by atoms with Gasteiger partial charge in [-0.05, 0) is 30.3 Å². The van der Waals surface area contributed by atoms with Crippen molar-refractivity contribution in [2.75, 3.05) is 18.4 Å². The number of nitrogens with two attached hydrogens (primary N) is 2. The molecule has 1 saturated heterocycles. The zero-order valence-electron chi connectivity index (χ0n) is 16.7. The monoisotopic (exact) mass is 465 g/mol. The van der Waals surface area contributed by atoms with E-state index in [9.17, 15) is 22.4 Å². The predicted octanol–water partition coefficient (Wildman–Crippen LogP) is -0.740. The van der Waals surface area contributed by atoms with E-state index in [4.69, 9.17) is 5.73 Å². The fourth-order valence-corrected chi connectivity index (χ4v) is 5.74. The van der Waals surface area contributed by atoms with Crippen molar-refractivity contribution in [2.45, 2.75) is 17.7 Å². The minimum atomic E-state index is -3.96. The number of nitrogens with one attached hydrogen (secondary N) is 1. The number of rotatable bonds is 3. The molecule has 2 aliphatic rings. The van der Waals surface area contributed by atoms with Crippen molar-refractivity contribution >= 4 is 33.5 Å². The first-order chi connectivity index (χ1) is 15.0. The van der Waals surface area contributed by atoms with E-state index in [0.29, 0.717) is 0 Å². The number of hydrogen-bond donors (Lipinski definition) is 3. The number of halogens is 2. The van der Waals surface area contributed by atoms with Gasteiger partial charge in [-0.2, -0.15) is 13.1 Å². The van der Waals surface area contributed by atoms with Gasteiger partial charge in [0.1, 0.15) is 22.9 Å². The molecule has 2 aromatic rings. The highest BCUT2D eigenvalue weighted by molar-refractivity contribution is 7.85. The average Bonchev–Trinajstić information content (AvgIpc) is 3.11. The van der Waals surface area contributed by atoms with Gasteiger partial charge in [-0.3, -0.25) is 9.59 Å². The number of primary sulfonamides is 1. The van der Waals surface area contributed by atoms with Crippen LogP contribution in [-0.4, -0.2) is 54.4 Å². The van der Waals surface area contributed by atoms with Crippen LogP contribution in [0.4, 0.5) is 14.5 Å². The lowest BCUT2D eigenvalue weighted by Crippen LogP contribution is -2.97. The molecule has 0 radical (unpaired) electrons. The molecule has 2 atom stereocenters. The largest absolute Gasteiger partial charge is 0.338 e. The van der Waals surface area contributed by atoms with Gasteiger partial charge in [0.25, 0.3) is 5.91 Å². The van der Waals surface area contributed by atoms with Gasteiger partial charge in [0.05, 0.1) is 12.7 Å². The molecule has 3 heterocycles. The molecule has 5 N–H and O–H groups in total. The first-order valence-electron chi connectivity index (χ1n) is 9.44. The minimum Gasteiger partial charge on any atom is -0.338 e. The van der Waals surface area contributed by atoms with Gasteiger partial charge in [-0.1, -0.05) is 0 Å². The standard InChI is InChI=1S/C19H18F2N6O4S/c1-10(28)27-8-16-19(9-27,25-18(22)26-32(16,30)31)13-6-12(3-4-14(13)21)24-17(29)15-5-2-11(20)7-23-15/h2-7,16H,8-9H2,1H3,(H,24,29)(H3,22,25,26)/p+1/t16?,19-/m1/s1. The number of carbonyl (C=O) groups excluding carboxylic acids is 2. The highest BCUT2D eigenvalue weighted by atomic mass is 32.2. The Morgan fingerprint density at radius 2 is 2.03 bits per heavy atom. The van der Waals surface area contributed by atoms with Crippen LogP contribution in [0.2, 0.25) is 0 Å². The maximum Gasteiger partial charge on any atom is 0.308 e. The third kappa shape index (κ3) is 3.69. The lowest BCUT2D eigenvalue weighted by molar-refractivity contribution is -0.368. The molecule has 1 unspecified atom stereocenters. The lowest BCUT2D eigenvalue weighted by atomic mass is 9.88. The van der Waals surface area contributed by atoms with Crippen molar-refractivity contribution in [1.29, 1.82) is 0 Å². The third-order valence-corrected chi connectivity index (χ3v) is 7.36. The number of quaternary nitrogens is 1. The summed E-state index contributed by atoms with van der Waals surface area (Å²) in [5, 5.41) is 1.27. The minimum absolute atomic E-state index is 0.0750. The molecule has 4 rings (SSSR count). The highest BCUT2D eigenvalue weighted by Crippen LogP contribution is 2.42. The van der Waals surface area contributed by atoms with Crippen LogP contribution in [-0.2, 0) is 20.4 Å². The third-order valence-electron chi connectivity index (χ3n) is 5.46. The maximum atomic E-state index is 15.0. The van der Waals surface area contributed by atoms with Gasteiger partial charge in [0.15, 0.2) is 5.25 Å². The van der Waals surface area contributed by atoms with Crippen LogP contribution < -0.4 is 15.8 Å². The smallest absolute Gasteiger partial charge is 0.308 e. The molecule has 1 aromatic heterocycles. The zero-order chi connectivity index (χ0) is 23.3. The lowest BCUT2D eigenvalue weighted by Gasteiger charge is -2.32. The Kier molecular flexibility index (Phi) is 5.17. The summed E-state index contributed by atoms with van der Waals surface area (Å²) < 4.78 is 54.5. The molecule has 1 aromatic carbocycles. The van der Waals surface area contributed by atoms with Crippen LogP contribution in [0.25, 0.3) is 0 Å². The average molecular weight is 465 g/mol. The Morgan fingerprint density at radius 1 is 1.28 bits per heavy atom. The fourth-order valence-electron chi connectivity index (χ4n) is 4.00. The number of aliphatic imine (C=N–C) groups is 1. The van der Waals surface area contributed by atoms with E-state index in [-0.39, 0.29) is 36.0 Å². The number of amides is 2. The number of anilines is 1. The van der Waals surface area contributed by atoms with E-state index in [1.54, 1.807) is 0 Å². The van der Waals surface area contributed by atoms with Crippen molar-refractivity contribution in [2.24, 2.45) is 10.7 Å². The second-order valence-electron chi connectivity index (χ2n) is 7.57. The number of hydrogen-bond acceptors (Lipinski definition) is 7. The summed E-state index contributed by atoms with van der Waals surface area (Å²) in [6.07, 6.45) is 0.879. The number of likely N-dealkylation sites (tertiary alicyclic amines) is 1. The molecule has 168 valence electrons. The van der Waals surface area contributed by atoms with Crippen LogP contribution in [0.5, 0.6) is 0 Å². The number of aromatic nitrogens is 1. The molecule has 2 amide bonds. The normalized spacial score (nSPS) is 23.9. The zero-order valence-corrected chi connectivity index (χ0v) is 17.6. The SMILES string of the molecule is CC(=O)N1CC2[C@](c3cc(NC(=O)c4ccc(F)cn4)ccc3F)(C1)N=C(N)[NH2+]S2(=O)=O. The number of benzene rings is 1. The molecule has 10 nitrogen and oxygen atoms in total. The Labute approximate surface area is 181 Å². The maximum absolute atomic E-state index is 15.0. The summed E-state index contributed by atoms with van der Waals surface area (Å²) in [6, 6.07) is 5.84. The molecule has 0 aliphatic carbocycles. The highest BCUT2D eigenvalue weighted by Gasteiger charge is 2.60. The summed E-state index contributed by atoms with van der Waals surface area (Å²) in [6.45, 7) is 0.895.